The average molecular weight is 320 g/mol. The highest BCUT2D eigenvalue weighted by molar-refractivity contribution is 6.42. The molecule has 6 heteroatoms. The van der Waals surface area contributed by atoms with E-state index in [0.717, 1.165) is 5.56 Å². The van der Waals surface area contributed by atoms with Gasteiger partial charge in [0.05, 0.1) is 29.9 Å². The number of rotatable bonds is 9. The fourth-order valence-electron chi connectivity index (χ4n) is 1.59. The van der Waals surface area contributed by atoms with E-state index in [4.69, 9.17) is 32.7 Å². The molecule has 1 rings (SSSR count). The normalized spacial score (nSPS) is 10.6. The van der Waals surface area contributed by atoms with Crippen molar-refractivity contribution in [1.29, 1.82) is 0 Å². The molecule has 0 unspecified atom stereocenters. The minimum absolute atomic E-state index is 0.0311. The van der Waals surface area contributed by atoms with Crippen molar-refractivity contribution in [3.8, 4) is 0 Å². The maximum Gasteiger partial charge on any atom is 0.220 e. The topological polar surface area (TPSA) is 47.6 Å². The summed E-state index contributed by atoms with van der Waals surface area (Å²) in [5.74, 6) is -0.0311. The fraction of sp³-hybridized carbons (Fsp3) is 0.500. The molecule has 0 aromatic heterocycles. The summed E-state index contributed by atoms with van der Waals surface area (Å²) in [5, 5.41) is 3.81. The molecule has 0 saturated heterocycles. The molecule has 0 aliphatic rings. The Hall–Kier alpha value is -0.810. The molecule has 0 heterocycles. The summed E-state index contributed by atoms with van der Waals surface area (Å²) in [7, 11) is 1.62. The van der Waals surface area contributed by atoms with Crippen molar-refractivity contribution >= 4 is 29.1 Å². The van der Waals surface area contributed by atoms with Gasteiger partial charge in [0, 0.05) is 20.1 Å². The van der Waals surface area contributed by atoms with Gasteiger partial charge in [-0.05, 0) is 18.1 Å². The van der Waals surface area contributed by atoms with E-state index in [1.165, 1.54) is 0 Å². The van der Waals surface area contributed by atoms with Crippen LogP contribution in [-0.4, -0.2) is 39.4 Å². The first-order chi connectivity index (χ1) is 9.65. The number of halogens is 2. The van der Waals surface area contributed by atoms with E-state index in [1.807, 2.05) is 12.1 Å². The number of aryl methyl sites for hydroxylation is 1. The zero-order valence-corrected chi connectivity index (χ0v) is 13.0. The summed E-state index contributed by atoms with van der Waals surface area (Å²) >= 11 is 12.0. The maximum atomic E-state index is 11.6. The lowest BCUT2D eigenvalue weighted by Gasteiger charge is -2.07. The van der Waals surface area contributed by atoms with Crippen molar-refractivity contribution in [2.24, 2.45) is 0 Å². The van der Waals surface area contributed by atoms with Gasteiger partial charge in [0.15, 0.2) is 0 Å². The predicted molar refractivity (Wildman–Crippen MR) is 80.5 cm³/mol. The number of carbonyl (C=O) groups is 1. The van der Waals surface area contributed by atoms with Gasteiger partial charge in [0.25, 0.3) is 0 Å². The molecule has 1 aromatic rings. The molecular weight excluding hydrogens is 301 g/mol. The van der Waals surface area contributed by atoms with Crippen LogP contribution in [0.1, 0.15) is 12.0 Å². The maximum absolute atomic E-state index is 11.6. The van der Waals surface area contributed by atoms with Crippen molar-refractivity contribution < 1.29 is 14.3 Å². The molecule has 0 radical (unpaired) electrons. The predicted octanol–water partition coefficient (Wildman–Crippen LogP) is 2.71. The second-order valence-corrected chi connectivity index (χ2v) is 4.95. The number of amides is 1. The van der Waals surface area contributed by atoms with Crippen LogP contribution in [0, 0.1) is 0 Å². The van der Waals surface area contributed by atoms with E-state index in [-0.39, 0.29) is 5.91 Å². The van der Waals surface area contributed by atoms with E-state index in [2.05, 4.69) is 5.32 Å². The third-order valence-electron chi connectivity index (χ3n) is 2.65. The van der Waals surface area contributed by atoms with Gasteiger partial charge in [0.2, 0.25) is 5.91 Å². The molecule has 0 bridgehead atoms. The third-order valence-corrected chi connectivity index (χ3v) is 3.51. The minimum atomic E-state index is -0.0311. The Morgan fingerprint density at radius 3 is 2.80 bits per heavy atom. The SMILES string of the molecule is COCCOCCNC(=O)CCc1cccc(Cl)c1Cl. The molecule has 1 amide bonds. The monoisotopic (exact) mass is 319 g/mol. The van der Waals surface area contributed by atoms with Gasteiger partial charge in [-0.1, -0.05) is 35.3 Å². The zero-order valence-electron chi connectivity index (χ0n) is 11.5. The van der Waals surface area contributed by atoms with E-state index in [1.54, 1.807) is 13.2 Å². The molecule has 0 aliphatic carbocycles. The molecule has 0 fully saturated rings. The van der Waals surface area contributed by atoms with E-state index in [9.17, 15) is 4.79 Å². The van der Waals surface area contributed by atoms with Crippen molar-refractivity contribution in [3.63, 3.8) is 0 Å². The average Bonchev–Trinajstić information content (AvgIpc) is 2.44. The molecule has 0 aliphatic heterocycles. The zero-order chi connectivity index (χ0) is 14.8. The van der Waals surface area contributed by atoms with Crippen LogP contribution in [0.3, 0.4) is 0 Å². The summed E-state index contributed by atoms with van der Waals surface area (Å²) in [4.78, 5) is 11.6. The Morgan fingerprint density at radius 2 is 2.05 bits per heavy atom. The van der Waals surface area contributed by atoms with Crippen molar-refractivity contribution in [2.75, 3.05) is 33.5 Å². The molecule has 1 N–H and O–H groups in total. The highest BCUT2D eigenvalue weighted by atomic mass is 35.5. The van der Waals surface area contributed by atoms with Gasteiger partial charge in [-0.3, -0.25) is 4.79 Å². The van der Waals surface area contributed by atoms with Crippen LogP contribution in [0.5, 0.6) is 0 Å². The van der Waals surface area contributed by atoms with E-state index >= 15 is 0 Å². The van der Waals surface area contributed by atoms with Crippen LogP contribution >= 0.6 is 23.2 Å². The number of ether oxygens (including phenoxy) is 2. The fourth-order valence-corrected chi connectivity index (χ4v) is 2.00. The lowest BCUT2D eigenvalue weighted by atomic mass is 10.1. The summed E-state index contributed by atoms with van der Waals surface area (Å²) in [6.07, 6.45) is 0.938. The largest absolute Gasteiger partial charge is 0.382 e. The Kier molecular flexibility index (Phi) is 8.62. The number of hydrogen-bond donors (Lipinski definition) is 1. The van der Waals surface area contributed by atoms with Gasteiger partial charge < -0.3 is 14.8 Å². The lowest BCUT2D eigenvalue weighted by Crippen LogP contribution is -2.27. The molecule has 112 valence electrons. The highest BCUT2D eigenvalue weighted by Gasteiger charge is 2.07. The van der Waals surface area contributed by atoms with Crippen LogP contribution in [0.25, 0.3) is 0 Å². The number of methoxy groups -OCH3 is 1. The van der Waals surface area contributed by atoms with Crippen molar-refractivity contribution in [3.05, 3.63) is 33.8 Å². The summed E-state index contributed by atoms with van der Waals surface area (Å²) in [6, 6.07) is 5.42. The van der Waals surface area contributed by atoms with Crippen molar-refractivity contribution in [2.45, 2.75) is 12.8 Å². The van der Waals surface area contributed by atoms with Crippen LogP contribution in [0.2, 0.25) is 10.0 Å². The first-order valence-corrected chi connectivity index (χ1v) is 7.17. The molecule has 0 spiro atoms. The number of carbonyl (C=O) groups excluding carboxylic acids is 1. The van der Waals surface area contributed by atoms with Gasteiger partial charge >= 0.3 is 0 Å². The first kappa shape index (κ1) is 17.2. The summed E-state index contributed by atoms with van der Waals surface area (Å²) in [5.41, 5.74) is 0.880. The molecule has 1 aromatic carbocycles. The van der Waals surface area contributed by atoms with Gasteiger partial charge in [-0.2, -0.15) is 0 Å². The van der Waals surface area contributed by atoms with Crippen molar-refractivity contribution in [1.82, 2.24) is 5.32 Å². The van der Waals surface area contributed by atoms with Crippen LogP contribution in [-0.2, 0) is 20.7 Å². The highest BCUT2D eigenvalue weighted by Crippen LogP contribution is 2.26. The molecule has 0 saturated carbocycles. The number of hydrogen-bond acceptors (Lipinski definition) is 3. The second kappa shape index (κ2) is 10.00. The standard InChI is InChI=1S/C14H19Cl2NO3/c1-19-9-10-20-8-7-17-13(18)6-5-11-3-2-4-12(15)14(11)16/h2-4H,5-10H2,1H3,(H,17,18). The van der Waals surface area contributed by atoms with Gasteiger partial charge in [-0.25, -0.2) is 0 Å². The molecule has 4 nitrogen and oxygen atoms in total. The lowest BCUT2D eigenvalue weighted by molar-refractivity contribution is -0.121. The first-order valence-electron chi connectivity index (χ1n) is 6.41. The van der Waals surface area contributed by atoms with Gasteiger partial charge in [-0.15, -0.1) is 0 Å². The quantitative estimate of drug-likeness (QED) is 0.712. The van der Waals surface area contributed by atoms with E-state index < -0.39 is 0 Å². The van der Waals surface area contributed by atoms with Crippen LogP contribution in [0.4, 0.5) is 0 Å². The molecule has 20 heavy (non-hydrogen) atoms. The van der Waals surface area contributed by atoms with E-state index in [0.29, 0.717) is 49.3 Å². The van der Waals surface area contributed by atoms with Gasteiger partial charge in [0.1, 0.15) is 0 Å². The molecular formula is C14H19Cl2NO3. The van der Waals surface area contributed by atoms with Crippen LogP contribution < -0.4 is 5.32 Å². The third kappa shape index (κ3) is 6.57. The Morgan fingerprint density at radius 1 is 1.25 bits per heavy atom. The Bertz CT molecular complexity index is 427. The smallest absolute Gasteiger partial charge is 0.220 e. The van der Waals surface area contributed by atoms with Crippen LogP contribution in [0.15, 0.2) is 18.2 Å². The summed E-state index contributed by atoms with van der Waals surface area (Å²) in [6.45, 7) is 2.06. The Balaban J connectivity index is 2.18. The second-order valence-electron chi connectivity index (χ2n) is 4.17. The number of benzene rings is 1. The molecule has 0 atom stereocenters. The number of nitrogens with one attached hydrogen (secondary N) is 1. The Labute approximate surface area is 129 Å². The summed E-state index contributed by atoms with van der Waals surface area (Å²) < 4.78 is 10.1. The minimum Gasteiger partial charge on any atom is -0.382 e.